The Labute approximate surface area is 160 Å². The van der Waals surface area contributed by atoms with E-state index in [1.807, 2.05) is 31.2 Å². The lowest BCUT2D eigenvalue weighted by Crippen LogP contribution is -2.17. The topological polar surface area (TPSA) is 53.1 Å². The van der Waals surface area contributed by atoms with Gasteiger partial charge in [-0.3, -0.25) is 0 Å². The molecule has 0 saturated carbocycles. The van der Waals surface area contributed by atoms with E-state index in [9.17, 15) is 0 Å². The lowest BCUT2D eigenvalue weighted by molar-refractivity contribution is 0.949. The molecule has 0 radical (unpaired) electrons. The summed E-state index contributed by atoms with van der Waals surface area (Å²) < 4.78 is 0. The van der Waals surface area contributed by atoms with E-state index in [-0.39, 0.29) is 0 Å². The Bertz CT molecular complexity index is 871. The van der Waals surface area contributed by atoms with Gasteiger partial charge >= 0.3 is 0 Å². The highest BCUT2D eigenvalue weighted by atomic mass is 15.2. The summed E-state index contributed by atoms with van der Waals surface area (Å²) in [7, 11) is 0. The van der Waals surface area contributed by atoms with Gasteiger partial charge in [0.05, 0.1) is 0 Å². The first-order valence-electron chi connectivity index (χ1n) is 9.52. The molecule has 1 fully saturated rings. The second kappa shape index (κ2) is 8.08. The third-order valence-corrected chi connectivity index (χ3v) is 4.76. The number of nitrogens with zero attached hydrogens (tertiary/aromatic N) is 3. The average Bonchev–Trinajstić information content (AvgIpc) is 3.22. The Morgan fingerprint density at radius 3 is 2.41 bits per heavy atom. The minimum Gasteiger partial charge on any atom is -0.372 e. The van der Waals surface area contributed by atoms with Crippen LogP contribution in [0.25, 0.3) is 0 Å². The quantitative estimate of drug-likeness (QED) is 0.666. The fraction of sp³-hybridized carbons (Fsp3) is 0.273. The molecule has 5 nitrogen and oxygen atoms in total. The molecule has 0 amide bonds. The highest BCUT2D eigenvalue weighted by molar-refractivity contribution is 5.61. The fourth-order valence-electron chi connectivity index (χ4n) is 3.37. The lowest BCUT2D eigenvalue weighted by Gasteiger charge is -2.18. The molecule has 27 heavy (non-hydrogen) atoms. The molecule has 1 aromatic heterocycles. The maximum Gasteiger partial charge on any atom is 0.225 e. The molecule has 1 saturated heterocycles. The van der Waals surface area contributed by atoms with E-state index < -0.39 is 0 Å². The second-order valence-electron chi connectivity index (χ2n) is 6.92. The van der Waals surface area contributed by atoms with Gasteiger partial charge in [0.25, 0.3) is 0 Å². The summed E-state index contributed by atoms with van der Waals surface area (Å²) in [5, 5.41) is 6.70. The van der Waals surface area contributed by atoms with Crippen molar-refractivity contribution < 1.29 is 0 Å². The number of aromatic nitrogens is 2. The summed E-state index contributed by atoms with van der Waals surface area (Å²) in [4.78, 5) is 11.5. The zero-order valence-electron chi connectivity index (χ0n) is 15.7. The van der Waals surface area contributed by atoms with Gasteiger partial charge in [0.15, 0.2) is 0 Å². The molecule has 2 heterocycles. The average molecular weight is 359 g/mol. The van der Waals surface area contributed by atoms with E-state index >= 15 is 0 Å². The second-order valence-corrected chi connectivity index (χ2v) is 6.92. The highest BCUT2D eigenvalue weighted by Gasteiger charge is 2.12. The Morgan fingerprint density at radius 2 is 1.67 bits per heavy atom. The van der Waals surface area contributed by atoms with Gasteiger partial charge in [0, 0.05) is 42.8 Å². The van der Waals surface area contributed by atoms with Gasteiger partial charge in [0.2, 0.25) is 5.95 Å². The summed E-state index contributed by atoms with van der Waals surface area (Å²) in [6.07, 6.45) is 2.58. The van der Waals surface area contributed by atoms with Crippen molar-refractivity contribution >= 4 is 23.1 Å². The van der Waals surface area contributed by atoms with Crippen LogP contribution >= 0.6 is 0 Å². The van der Waals surface area contributed by atoms with Crippen LogP contribution in [-0.4, -0.2) is 23.1 Å². The Balaban J connectivity index is 1.43. The van der Waals surface area contributed by atoms with Crippen LogP contribution in [0.3, 0.4) is 0 Å². The first kappa shape index (κ1) is 17.3. The van der Waals surface area contributed by atoms with E-state index in [0.29, 0.717) is 12.5 Å². The number of hydrogen-bond donors (Lipinski definition) is 2. The molecule has 0 atom stereocenters. The monoisotopic (exact) mass is 359 g/mol. The van der Waals surface area contributed by atoms with Gasteiger partial charge < -0.3 is 15.5 Å². The van der Waals surface area contributed by atoms with Gasteiger partial charge in [-0.15, -0.1) is 0 Å². The normalized spacial score (nSPS) is 13.6. The Hall–Kier alpha value is -3.08. The minimum atomic E-state index is 0.634. The number of benzene rings is 2. The predicted molar refractivity (Wildman–Crippen MR) is 112 cm³/mol. The molecular formula is C22H25N5. The van der Waals surface area contributed by atoms with Crippen LogP contribution in [-0.2, 0) is 6.54 Å². The molecule has 0 aliphatic carbocycles. The third kappa shape index (κ3) is 4.56. The molecule has 2 aromatic carbocycles. The first-order chi connectivity index (χ1) is 13.3. The number of anilines is 4. The maximum atomic E-state index is 4.60. The molecule has 2 N–H and O–H groups in total. The summed E-state index contributed by atoms with van der Waals surface area (Å²) in [5.41, 5.74) is 4.46. The van der Waals surface area contributed by atoms with Gasteiger partial charge in [-0.1, -0.05) is 30.3 Å². The minimum absolute atomic E-state index is 0.634. The summed E-state index contributed by atoms with van der Waals surface area (Å²) >= 11 is 0. The van der Waals surface area contributed by atoms with E-state index in [1.165, 1.54) is 24.1 Å². The van der Waals surface area contributed by atoms with E-state index in [1.54, 1.807) is 0 Å². The summed E-state index contributed by atoms with van der Waals surface area (Å²) in [5.74, 6) is 1.43. The van der Waals surface area contributed by atoms with Crippen molar-refractivity contribution in [2.45, 2.75) is 26.3 Å². The van der Waals surface area contributed by atoms with Crippen molar-refractivity contribution in [1.82, 2.24) is 9.97 Å². The third-order valence-electron chi connectivity index (χ3n) is 4.76. The van der Waals surface area contributed by atoms with E-state index in [4.69, 9.17) is 0 Å². The van der Waals surface area contributed by atoms with E-state index in [0.717, 1.165) is 30.3 Å². The highest BCUT2D eigenvalue weighted by Crippen LogP contribution is 2.24. The summed E-state index contributed by atoms with van der Waals surface area (Å²) in [6.45, 7) is 5.01. The molecule has 3 aromatic rings. The molecule has 0 spiro atoms. The summed E-state index contributed by atoms with van der Waals surface area (Å²) in [6, 6.07) is 20.8. The number of nitrogens with one attached hydrogen (secondary N) is 2. The standard InChI is InChI=1S/C22H25N5/c1-17-15-21(26-22(24-17)23-16-18-7-3-2-4-8-18)25-19-9-11-20(12-10-19)27-13-5-6-14-27/h2-4,7-12,15H,5-6,13-14,16H2,1H3,(H2,23,24,25,26). The van der Waals surface area contributed by atoms with Gasteiger partial charge in [0.1, 0.15) is 5.82 Å². The fourth-order valence-corrected chi connectivity index (χ4v) is 3.37. The molecule has 5 heteroatoms. The molecule has 0 unspecified atom stereocenters. The number of hydrogen-bond acceptors (Lipinski definition) is 5. The molecule has 4 rings (SSSR count). The zero-order valence-corrected chi connectivity index (χ0v) is 15.7. The van der Waals surface area contributed by atoms with E-state index in [2.05, 4.69) is 61.9 Å². The molecule has 1 aliphatic heterocycles. The van der Waals surface area contributed by atoms with Crippen LogP contribution in [0.4, 0.5) is 23.1 Å². The van der Waals surface area contributed by atoms with Crippen molar-refractivity contribution in [3.05, 3.63) is 71.9 Å². The van der Waals surface area contributed by atoms with Crippen molar-refractivity contribution in [3.8, 4) is 0 Å². The van der Waals surface area contributed by atoms with Crippen molar-refractivity contribution in [2.24, 2.45) is 0 Å². The molecule has 0 bridgehead atoms. The van der Waals surface area contributed by atoms with Crippen LogP contribution in [0.15, 0.2) is 60.7 Å². The zero-order chi connectivity index (χ0) is 18.5. The van der Waals surface area contributed by atoms with Crippen molar-refractivity contribution in [2.75, 3.05) is 28.6 Å². The van der Waals surface area contributed by atoms with Crippen LogP contribution in [0.5, 0.6) is 0 Å². The molecule has 1 aliphatic rings. The smallest absolute Gasteiger partial charge is 0.225 e. The van der Waals surface area contributed by atoms with Crippen LogP contribution < -0.4 is 15.5 Å². The van der Waals surface area contributed by atoms with Crippen LogP contribution in [0, 0.1) is 6.92 Å². The van der Waals surface area contributed by atoms with Crippen molar-refractivity contribution in [3.63, 3.8) is 0 Å². The SMILES string of the molecule is Cc1cc(Nc2ccc(N3CCCC3)cc2)nc(NCc2ccccc2)n1. The predicted octanol–water partition coefficient (Wildman–Crippen LogP) is 4.74. The Morgan fingerprint density at radius 1 is 0.926 bits per heavy atom. The van der Waals surface area contributed by atoms with Gasteiger partial charge in [-0.05, 0) is 49.6 Å². The molecular weight excluding hydrogens is 334 g/mol. The van der Waals surface area contributed by atoms with Crippen molar-refractivity contribution in [1.29, 1.82) is 0 Å². The first-order valence-corrected chi connectivity index (χ1v) is 9.52. The number of aryl methyl sites for hydroxylation is 1. The molecule has 138 valence electrons. The lowest BCUT2D eigenvalue weighted by atomic mass is 10.2. The van der Waals surface area contributed by atoms with Crippen LogP contribution in [0.1, 0.15) is 24.1 Å². The van der Waals surface area contributed by atoms with Gasteiger partial charge in [-0.25, -0.2) is 4.98 Å². The van der Waals surface area contributed by atoms with Crippen LogP contribution in [0.2, 0.25) is 0 Å². The Kier molecular flexibility index (Phi) is 5.19. The van der Waals surface area contributed by atoms with Gasteiger partial charge in [-0.2, -0.15) is 4.98 Å². The maximum absolute atomic E-state index is 4.60. The number of rotatable bonds is 6. The largest absolute Gasteiger partial charge is 0.372 e.